The zero-order valence-corrected chi connectivity index (χ0v) is 42.9. The number of allylic oxidation sites excluding steroid dienone is 4. The van der Waals surface area contributed by atoms with Gasteiger partial charge in [-0.2, -0.15) is 22.7 Å². The van der Waals surface area contributed by atoms with E-state index in [1.807, 2.05) is 0 Å². The van der Waals surface area contributed by atoms with Crippen molar-refractivity contribution in [2.24, 2.45) is 0 Å². The number of rotatable bonds is 18. The molecule has 0 fully saturated rings. The molecule has 5 aromatic carbocycles. The Bertz CT molecular complexity index is 2010. The third kappa shape index (κ3) is 17.2. The topological polar surface area (TPSA) is 137 Å². The van der Waals surface area contributed by atoms with E-state index in [9.17, 15) is 19.8 Å². The molecule has 0 atom stereocenters. The minimum atomic E-state index is -0.187. The quantitative estimate of drug-likeness (QED) is 0.0490. The van der Waals surface area contributed by atoms with Crippen LogP contribution in [-0.2, 0) is 93.9 Å². The summed E-state index contributed by atoms with van der Waals surface area (Å²) in [6.07, 6.45) is 9.33. The van der Waals surface area contributed by atoms with Crippen LogP contribution in [0.4, 0.5) is 45.5 Å². The van der Waals surface area contributed by atoms with E-state index in [0.29, 0.717) is 0 Å². The molecule has 0 saturated carbocycles. The van der Waals surface area contributed by atoms with Gasteiger partial charge in [-0.15, -0.1) is 34.3 Å². The molecular weight excluding hydrogens is 910 g/mol. The predicted molar refractivity (Wildman–Crippen MR) is 267 cm³/mol. The Morgan fingerprint density at radius 2 is 0.545 bits per heavy atom. The SMILES string of the molecule is CC(=O)/C=C(/C)[O-].CC(=O)/C=C(/C)[O-].CCc1cccc(CC)c1[N-]c1cc([N-]c2c(CC)cccc2CC)c([N-]c2c(CC)cccc2CC)cc1[N-]c1c(CC)cccc1CC.[Ni+3].[Ni+3]. The summed E-state index contributed by atoms with van der Waals surface area (Å²) in [5.74, 6) is -0.750. The Hall–Kier alpha value is -5.29. The maximum absolute atomic E-state index is 9.98. The second-order valence-electron chi connectivity index (χ2n) is 15.5. The fourth-order valence-corrected chi connectivity index (χ4v) is 7.40. The first-order valence-electron chi connectivity index (χ1n) is 22.9. The Balaban J connectivity index is 0.00000118. The van der Waals surface area contributed by atoms with Crippen molar-refractivity contribution in [2.45, 2.75) is 134 Å². The van der Waals surface area contributed by atoms with Crippen molar-refractivity contribution >= 4 is 57.1 Å². The van der Waals surface area contributed by atoms with Gasteiger partial charge in [-0.1, -0.05) is 199 Å². The zero-order valence-electron chi connectivity index (χ0n) is 40.9. The van der Waals surface area contributed by atoms with Crippen molar-refractivity contribution in [1.82, 2.24) is 0 Å². The molecule has 0 heterocycles. The van der Waals surface area contributed by atoms with E-state index in [4.69, 9.17) is 21.3 Å². The van der Waals surface area contributed by atoms with Crippen LogP contribution >= 0.6 is 0 Å². The number of hydrogen-bond acceptors (Lipinski definition) is 4. The first-order valence-corrected chi connectivity index (χ1v) is 22.9. The van der Waals surface area contributed by atoms with Crippen LogP contribution in [0.3, 0.4) is 0 Å². The molecule has 0 spiro atoms. The summed E-state index contributed by atoms with van der Waals surface area (Å²) in [7, 11) is 0. The first-order chi connectivity index (χ1) is 30.7. The summed E-state index contributed by atoms with van der Waals surface area (Å²) in [5.41, 5.74) is 17.3. The summed E-state index contributed by atoms with van der Waals surface area (Å²) in [6.45, 7) is 23.0. The zero-order chi connectivity index (χ0) is 47.3. The van der Waals surface area contributed by atoms with E-state index in [0.717, 1.165) is 109 Å². The normalized spacial score (nSPS) is 10.8. The second-order valence-corrected chi connectivity index (χ2v) is 15.5. The molecule has 5 aromatic rings. The minimum absolute atomic E-state index is 0. The third-order valence-electron chi connectivity index (χ3n) is 10.7. The molecule has 2 radical (unpaired) electrons. The summed E-state index contributed by atoms with van der Waals surface area (Å²) >= 11 is 0. The minimum Gasteiger partial charge on any atom is -0.876 e. The van der Waals surface area contributed by atoms with E-state index in [1.165, 1.54) is 72.2 Å². The van der Waals surface area contributed by atoms with Gasteiger partial charge in [0.1, 0.15) is 0 Å². The fraction of sp³-hybridized carbons (Fsp3) is 0.357. The van der Waals surface area contributed by atoms with Gasteiger partial charge >= 0.3 is 33.0 Å². The third-order valence-corrected chi connectivity index (χ3v) is 10.7. The molecule has 0 aromatic heterocycles. The first kappa shape index (κ1) is 58.7. The van der Waals surface area contributed by atoms with Crippen LogP contribution in [0.1, 0.15) is 128 Å². The van der Waals surface area contributed by atoms with Crippen LogP contribution in [0.25, 0.3) is 21.3 Å². The number of carbonyl (C=O) groups excluding carboxylic acids is 2. The molecular formula is C56H68N4Ni2O4. The van der Waals surface area contributed by atoms with E-state index in [-0.39, 0.29) is 56.1 Å². The molecule has 0 aliphatic carbocycles. The van der Waals surface area contributed by atoms with Gasteiger partial charge in [0.25, 0.3) is 0 Å². The second kappa shape index (κ2) is 30.1. The smallest absolute Gasteiger partial charge is 0.876 e. The van der Waals surface area contributed by atoms with Crippen LogP contribution in [-0.4, -0.2) is 11.6 Å². The van der Waals surface area contributed by atoms with Crippen molar-refractivity contribution in [3.05, 3.63) is 174 Å². The van der Waals surface area contributed by atoms with Gasteiger partial charge in [-0.25, -0.2) is 0 Å². The monoisotopic (exact) mass is 976 g/mol. The van der Waals surface area contributed by atoms with E-state index in [2.05, 4.69) is 140 Å². The molecule has 0 amide bonds. The van der Waals surface area contributed by atoms with Gasteiger partial charge in [0, 0.05) is 0 Å². The Kier molecular flexibility index (Phi) is 26.8. The average Bonchev–Trinajstić information content (AvgIpc) is 3.27. The number of benzene rings is 5. The van der Waals surface area contributed by atoms with Crippen molar-refractivity contribution in [2.75, 3.05) is 0 Å². The number of aryl methyl sites for hydroxylation is 8. The molecule has 66 heavy (non-hydrogen) atoms. The van der Waals surface area contributed by atoms with Crippen LogP contribution < -0.4 is 10.2 Å². The number of para-hydroxylation sites is 4. The van der Waals surface area contributed by atoms with Gasteiger partial charge in [-0.05, 0) is 77.4 Å². The van der Waals surface area contributed by atoms with Crippen molar-refractivity contribution in [3.63, 3.8) is 0 Å². The molecule has 10 heteroatoms. The molecule has 0 N–H and O–H groups in total. The largest absolute Gasteiger partial charge is 3.00 e. The van der Waals surface area contributed by atoms with Crippen molar-refractivity contribution < 1.29 is 52.8 Å². The van der Waals surface area contributed by atoms with Crippen LogP contribution in [0.15, 0.2) is 109 Å². The Morgan fingerprint density at radius 3 is 0.652 bits per heavy atom. The Labute approximate surface area is 416 Å². The average molecular weight is 979 g/mol. The van der Waals surface area contributed by atoms with E-state index < -0.39 is 0 Å². The maximum Gasteiger partial charge on any atom is 3.00 e. The Morgan fingerprint density at radius 1 is 0.379 bits per heavy atom. The van der Waals surface area contributed by atoms with Gasteiger partial charge in [0.15, 0.2) is 11.6 Å². The molecule has 8 nitrogen and oxygen atoms in total. The molecule has 0 saturated heterocycles. The van der Waals surface area contributed by atoms with Gasteiger partial charge in [-0.3, -0.25) is 9.59 Å². The maximum atomic E-state index is 9.98. The van der Waals surface area contributed by atoms with Crippen LogP contribution in [0.2, 0.25) is 0 Å². The number of hydrogen-bond donors (Lipinski definition) is 0. The van der Waals surface area contributed by atoms with E-state index >= 15 is 0 Å². The summed E-state index contributed by atoms with van der Waals surface area (Å²) < 4.78 is 0. The van der Waals surface area contributed by atoms with Crippen molar-refractivity contribution in [3.8, 4) is 0 Å². The standard InChI is InChI=1S/C46H54N4.2C5H8O2.2Ni/c1-9-31-21-17-22-32(10-2)43(31)47-39-29-41(49-45-35(13-5)25-19-26-36(45)14-6)42(50-46-37(15-7)27-20-28-38(46)16-8)30-40(39)48-44-33(11-3)23-18-24-34(44)12-4;2*1-4(6)3-5(2)7;;/h17-30H,9-16H2,1-8H3;2*3,6H,1-2H3;;/q-4;;;2*+3/p-2/b;2*4-3-;;. The molecule has 0 bridgehead atoms. The molecule has 5 rings (SSSR count). The van der Waals surface area contributed by atoms with Crippen LogP contribution in [0.5, 0.6) is 0 Å². The van der Waals surface area contributed by atoms with Crippen LogP contribution in [0, 0.1) is 0 Å². The number of nitrogens with zero attached hydrogens (tertiary/aromatic N) is 4. The van der Waals surface area contributed by atoms with Crippen molar-refractivity contribution in [1.29, 1.82) is 0 Å². The summed E-state index contributed by atoms with van der Waals surface area (Å²) in [4.78, 5) is 20.0. The van der Waals surface area contributed by atoms with Gasteiger partial charge in [0.05, 0.1) is 0 Å². The van der Waals surface area contributed by atoms with E-state index in [1.54, 1.807) is 0 Å². The number of carbonyl (C=O) groups is 2. The summed E-state index contributed by atoms with van der Waals surface area (Å²) in [5, 5.41) is 41.9. The van der Waals surface area contributed by atoms with Gasteiger partial charge < -0.3 is 31.5 Å². The predicted octanol–water partition coefficient (Wildman–Crippen LogP) is 15.2. The fourth-order valence-electron chi connectivity index (χ4n) is 7.40. The van der Waals surface area contributed by atoms with Gasteiger partial charge in [0.2, 0.25) is 0 Å². The molecule has 0 aliphatic heterocycles. The summed E-state index contributed by atoms with van der Waals surface area (Å²) in [6, 6.07) is 30.5. The number of ketones is 2. The molecule has 356 valence electrons. The molecule has 0 unspecified atom stereocenters. The molecule has 0 aliphatic rings.